The second kappa shape index (κ2) is 17.8. The van der Waals surface area contributed by atoms with Gasteiger partial charge in [0, 0.05) is 39.8 Å². The quantitative estimate of drug-likeness (QED) is 0.0987. The molecule has 0 bridgehead atoms. The maximum absolute atomic E-state index is 13.9. The van der Waals surface area contributed by atoms with Gasteiger partial charge in [-0.25, -0.2) is 19.6 Å². The van der Waals surface area contributed by atoms with E-state index in [1.807, 2.05) is 12.1 Å². The molecule has 14 nitrogen and oxygen atoms in total. The number of hydrogen-bond donors (Lipinski definition) is 4. The zero-order valence-corrected chi connectivity index (χ0v) is 35.5. The molecular formula is C46H44Cl2N8O6. The number of rotatable bonds is 11. The van der Waals surface area contributed by atoms with Gasteiger partial charge in [-0.2, -0.15) is 0 Å². The molecule has 0 saturated carbocycles. The Bertz CT molecular complexity index is 2660. The molecule has 2 aliphatic heterocycles. The number of likely N-dealkylation sites (tertiary alicyclic amines) is 2. The van der Waals surface area contributed by atoms with Crippen molar-refractivity contribution in [2.45, 2.75) is 63.8 Å². The lowest BCUT2D eigenvalue weighted by atomic mass is 9.92. The van der Waals surface area contributed by atoms with Gasteiger partial charge >= 0.3 is 12.2 Å². The van der Waals surface area contributed by atoms with Crippen LogP contribution < -0.4 is 11.5 Å². The minimum Gasteiger partial charge on any atom is -0.431 e. The van der Waals surface area contributed by atoms with Gasteiger partial charge in [0.2, 0.25) is 12.2 Å². The van der Waals surface area contributed by atoms with Crippen LogP contribution in [0.4, 0.5) is 9.59 Å². The number of aromatic nitrogens is 4. The van der Waals surface area contributed by atoms with E-state index >= 15 is 0 Å². The summed E-state index contributed by atoms with van der Waals surface area (Å²) in [4.78, 5) is 71.1. The highest BCUT2D eigenvalue weighted by atomic mass is 35.5. The summed E-state index contributed by atoms with van der Waals surface area (Å²) >= 11 is 12.8. The third kappa shape index (κ3) is 8.35. The number of benzene rings is 4. The Morgan fingerprint density at radius 2 is 1.06 bits per heavy atom. The Hall–Kier alpha value is -6.64. The normalized spacial score (nSPS) is 17.2. The number of carbonyl (C=O) groups is 4. The zero-order valence-electron chi connectivity index (χ0n) is 33.9. The van der Waals surface area contributed by atoms with Crippen molar-refractivity contribution in [2.24, 2.45) is 11.5 Å². The van der Waals surface area contributed by atoms with Crippen molar-refractivity contribution < 1.29 is 28.7 Å². The number of nitrogens with two attached hydrogens (primary N) is 2. The monoisotopic (exact) mass is 874 g/mol. The standard InChI is InChI=1S/C46H44Cl2N8O6/c1-25-26(2)30(36-24-52-42(54-36)38-14-8-22-56(38)44(58)40(62-46(50)60)32-10-4-6-12-34(32)48)20-19-29(25)27-15-17-28(18-16-27)35-23-51-41(53-35)37-13-7-21-55(37)43(57)39(61-45(49)59)31-9-3-5-11-33(31)47/h3-6,9-12,15-20,23-24,37-40H,7-8,13-14,21-22H2,1-2H3,(H2,49,59)(H2,50,60)(H,51,53)(H,52,54)/t37?,38?,39-,40-/m1/s1. The first-order valence-corrected chi connectivity index (χ1v) is 21.0. The molecule has 0 aliphatic carbocycles. The summed E-state index contributed by atoms with van der Waals surface area (Å²) in [6.07, 6.45) is 1.67. The van der Waals surface area contributed by atoms with Gasteiger partial charge in [-0.05, 0) is 79.5 Å². The molecule has 4 heterocycles. The van der Waals surface area contributed by atoms with E-state index in [1.165, 1.54) is 0 Å². The fourth-order valence-electron chi connectivity index (χ4n) is 8.58. The number of amides is 4. The van der Waals surface area contributed by atoms with Gasteiger partial charge in [-0.1, -0.05) is 96.0 Å². The molecule has 4 atom stereocenters. The molecule has 4 aromatic carbocycles. The molecule has 2 saturated heterocycles. The van der Waals surface area contributed by atoms with Crippen molar-refractivity contribution in [3.8, 4) is 33.6 Å². The average molecular weight is 876 g/mol. The van der Waals surface area contributed by atoms with Crippen molar-refractivity contribution in [3.63, 3.8) is 0 Å². The molecule has 2 aliphatic rings. The minimum absolute atomic E-state index is 0.295. The minimum atomic E-state index is -1.29. The third-order valence-corrected chi connectivity index (χ3v) is 12.5. The van der Waals surface area contributed by atoms with E-state index in [9.17, 15) is 19.2 Å². The van der Waals surface area contributed by atoms with Crippen LogP contribution in [0.1, 0.15) is 83.9 Å². The highest BCUT2D eigenvalue weighted by Gasteiger charge is 2.40. The lowest BCUT2D eigenvalue weighted by Crippen LogP contribution is -2.37. The third-order valence-electron chi connectivity index (χ3n) is 11.8. The van der Waals surface area contributed by atoms with E-state index in [2.05, 4.69) is 53.1 Å². The number of nitrogens with zero attached hydrogens (tertiary/aromatic N) is 4. The molecule has 2 aromatic heterocycles. The first-order valence-electron chi connectivity index (χ1n) is 20.2. The van der Waals surface area contributed by atoms with Crippen LogP contribution in [-0.4, -0.2) is 66.8 Å². The van der Waals surface area contributed by atoms with Gasteiger partial charge in [0.1, 0.15) is 11.6 Å². The van der Waals surface area contributed by atoms with Crippen molar-refractivity contribution in [1.29, 1.82) is 0 Å². The van der Waals surface area contributed by atoms with Crippen LogP contribution in [0.25, 0.3) is 33.6 Å². The Morgan fingerprint density at radius 3 is 1.56 bits per heavy atom. The van der Waals surface area contributed by atoms with Crippen LogP contribution in [0.3, 0.4) is 0 Å². The molecule has 6 aromatic rings. The van der Waals surface area contributed by atoms with Gasteiger partial charge in [0.15, 0.2) is 0 Å². The SMILES string of the molecule is Cc1c(-c2ccc(-c3cnc(C4CCCN4C(=O)[C@H](OC(N)=O)c4ccccc4Cl)[nH]3)cc2)ccc(-c2cnc(C3CCCN3C(=O)[C@H](OC(N)=O)c3ccccc3Cl)[nH]2)c1C. The van der Waals surface area contributed by atoms with E-state index in [4.69, 9.17) is 49.1 Å². The number of H-pyrrole nitrogens is 2. The molecule has 2 unspecified atom stereocenters. The molecule has 0 radical (unpaired) electrons. The zero-order chi connectivity index (χ0) is 43.7. The first-order chi connectivity index (χ1) is 29.9. The summed E-state index contributed by atoms with van der Waals surface area (Å²) in [6, 6.07) is 25.1. The van der Waals surface area contributed by atoms with Crippen LogP contribution in [0.15, 0.2) is 97.3 Å². The van der Waals surface area contributed by atoms with Gasteiger partial charge in [0.25, 0.3) is 11.8 Å². The number of nitrogens with one attached hydrogen (secondary N) is 2. The molecule has 4 amide bonds. The number of hydrogen-bond acceptors (Lipinski definition) is 8. The number of halogens is 2. The van der Waals surface area contributed by atoms with E-state index in [0.29, 0.717) is 58.8 Å². The van der Waals surface area contributed by atoms with Gasteiger partial charge in [0.05, 0.1) is 35.9 Å². The fourth-order valence-corrected chi connectivity index (χ4v) is 9.05. The highest BCUT2D eigenvalue weighted by molar-refractivity contribution is 6.32. The lowest BCUT2D eigenvalue weighted by Gasteiger charge is -2.28. The van der Waals surface area contributed by atoms with Gasteiger partial charge < -0.3 is 40.7 Å². The second-order valence-electron chi connectivity index (χ2n) is 15.4. The molecule has 2 fully saturated rings. The maximum atomic E-state index is 13.9. The Balaban J connectivity index is 0.972. The van der Waals surface area contributed by atoms with Crippen molar-refractivity contribution in [1.82, 2.24) is 29.7 Å². The fraction of sp³-hybridized carbons (Fsp3) is 0.261. The predicted molar refractivity (Wildman–Crippen MR) is 234 cm³/mol. The first kappa shape index (κ1) is 42.1. The largest absolute Gasteiger partial charge is 0.431 e. The van der Waals surface area contributed by atoms with Crippen LogP contribution in [0.2, 0.25) is 10.0 Å². The summed E-state index contributed by atoms with van der Waals surface area (Å²) in [6.45, 7) is 5.07. The van der Waals surface area contributed by atoms with Gasteiger partial charge in [-0.3, -0.25) is 9.59 Å². The highest BCUT2D eigenvalue weighted by Crippen LogP contribution is 2.39. The lowest BCUT2D eigenvalue weighted by molar-refractivity contribution is -0.142. The van der Waals surface area contributed by atoms with Crippen molar-refractivity contribution in [3.05, 3.63) is 141 Å². The second-order valence-corrected chi connectivity index (χ2v) is 16.2. The number of carbonyl (C=O) groups excluding carboxylic acids is 4. The predicted octanol–water partition coefficient (Wildman–Crippen LogP) is 9.06. The Kier molecular flexibility index (Phi) is 12.0. The van der Waals surface area contributed by atoms with Crippen LogP contribution in [-0.2, 0) is 19.1 Å². The molecule has 318 valence electrons. The van der Waals surface area contributed by atoms with Gasteiger partial charge in [-0.15, -0.1) is 0 Å². The van der Waals surface area contributed by atoms with E-state index in [-0.39, 0.29) is 12.1 Å². The summed E-state index contributed by atoms with van der Waals surface area (Å²) in [7, 11) is 0. The molecule has 8 rings (SSSR count). The number of primary amides is 2. The average Bonchev–Trinajstić information content (AvgIpc) is 4.11. The van der Waals surface area contributed by atoms with Crippen molar-refractivity contribution >= 4 is 47.2 Å². The summed E-state index contributed by atoms with van der Waals surface area (Å²) < 4.78 is 10.6. The summed E-state index contributed by atoms with van der Waals surface area (Å²) in [5.41, 5.74) is 19.2. The van der Waals surface area contributed by atoms with Crippen molar-refractivity contribution in [2.75, 3.05) is 13.1 Å². The van der Waals surface area contributed by atoms with Crippen LogP contribution in [0, 0.1) is 13.8 Å². The van der Waals surface area contributed by atoms with Crippen LogP contribution >= 0.6 is 23.2 Å². The Morgan fingerprint density at radius 1 is 0.629 bits per heavy atom. The number of ether oxygens (including phenoxy) is 2. The molecule has 16 heteroatoms. The topological polar surface area (TPSA) is 203 Å². The summed E-state index contributed by atoms with van der Waals surface area (Å²) in [5.74, 6) is 0.418. The van der Waals surface area contributed by atoms with Crippen LogP contribution in [0.5, 0.6) is 0 Å². The number of aromatic amines is 2. The maximum Gasteiger partial charge on any atom is 0.405 e. The number of imidazole rings is 2. The molecule has 62 heavy (non-hydrogen) atoms. The van der Waals surface area contributed by atoms with E-state index in [1.54, 1.807) is 70.7 Å². The van der Waals surface area contributed by atoms with E-state index in [0.717, 1.165) is 57.6 Å². The molecule has 0 spiro atoms. The smallest absolute Gasteiger partial charge is 0.405 e. The summed E-state index contributed by atoms with van der Waals surface area (Å²) in [5, 5.41) is 0.590. The van der Waals surface area contributed by atoms with E-state index < -0.39 is 36.2 Å². The Labute approximate surface area is 367 Å². The molecular weight excluding hydrogens is 831 g/mol. The molecule has 6 N–H and O–H groups in total.